The molecule has 1 heterocycles. The molecule has 1 aliphatic heterocycles. The summed E-state index contributed by atoms with van der Waals surface area (Å²) in [6.07, 6.45) is -1.88. The first kappa shape index (κ1) is 32.4. The monoisotopic (exact) mass is 598 g/mol. The van der Waals surface area contributed by atoms with E-state index in [1.54, 1.807) is 12.1 Å². The second-order valence-corrected chi connectivity index (χ2v) is 9.32. The number of ketones is 1. The molecule has 13 nitrogen and oxygen atoms in total. The van der Waals surface area contributed by atoms with E-state index >= 15 is 0 Å². The number of benzene rings is 3. The first-order chi connectivity index (χ1) is 20.3. The first-order valence-corrected chi connectivity index (χ1v) is 12.6. The summed E-state index contributed by atoms with van der Waals surface area (Å²) < 4.78 is 10.6. The average molecular weight is 599 g/mol. The lowest BCUT2D eigenvalue weighted by molar-refractivity contribution is -0.268. The Morgan fingerprint density at radius 2 is 1.37 bits per heavy atom. The molecule has 4 rings (SSSR count). The van der Waals surface area contributed by atoms with Crippen molar-refractivity contribution in [2.24, 2.45) is 0 Å². The number of aliphatic carboxylic acids is 1. The third-order valence-electron chi connectivity index (χ3n) is 6.17. The van der Waals surface area contributed by atoms with E-state index in [0.717, 1.165) is 17.7 Å². The van der Waals surface area contributed by atoms with Crippen LogP contribution in [0.2, 0.25) is 0 Å². The number of allylic oxidation sites excluding steroid dienone is 1. The highest BCUT2D eigenvalue weighted by atomic mass is 16.7. The lowest BCUT2D eigenvalue weighted by Crippen LogP contribution is -2.58. The summed E-state index contributed by atoms with van der Waals surface area (Å²) in [5.74, 6) is -4.05. The molecule has 0 radical (unpaired) electrons. The van der Waals surface area contributed by atoms with Gasteiger partial charge < -0.3 is 55.4 Å². The van der Waals surface area contributed by atoms with E-state index in [4.69, 9.17) is 19.7 Å². The number of phenols is 5. The number of aromatic hydroxyl groups is 5. The molecular weight excluding hydrogens is 568 g/mol. The summed E-state index contributed by atoms with van der Waals surface area (Å²) in [5.41, 5.74) is 0.902. The van der Waals surface area contributed by atoms with Crippen LogP contribution in [0.5, 0.6) is 34.5 Å². The minimum absolute atomic E-state index is 0.169. The largest absolute Gasteiger partial charge is 0.508 e. The highest BCUT2D eigenvalue weighted by Crippen LogP contribution is 2.40. The molecule has 1 fully saturated rings. The maximum Gasteiger partial charge on any atom is 0.328 e. The Balaban J connectivity index is 0.000000353. The van der Waals surface area contributed by atoms with Crippen LogP contribution in [-0.2, 0) is 9.53 Å². The Labute approximate surface area is 244 Å². The molecule has 5 atom stereocenters. The van der Waals surface area contributed by atoms with E-state index in [9.17, 15) is 45.3 Å². The number of aliphatic hydroxyl groups excluding tert-OH is 3. The Hall–Kier alpha value is -5.08. The van der Waals surface area contributed by atoms with E-state index in [2.05, 4.69) is 0 Å². The van der Waals surface area contributed by atoms with Crippen LogP contribution >= 0.6 is 0 Å². The molecule has 43 heavy (non-hydrogen) atoms. The topological polar surface area (TPSA) is 235 Å². The summed E-state index contributed by atoms with van der Waals surface area (Å²) in [4.78, 5) is 22.5. The molecular formula is C30H30O13. The van der Waals surface area contributed by atoms with Crippen LogP contribution in [0.25, 0.3) is 12.2 Å². The lowest BCUT2D eigenvalue weighted by atomic mass is 10.00. The minimum atomic E-state index is -1.63. The summed E-state index contributed by atoms with van der Waals surface area (Å²) in [7, 11) is 0. The van der Waals surface area contributed by atoms with Crippen molar-refractivity contribution in [2.75, 3.05) is 0 Å². The fraction of sp³-hybridized carbons (Fsp3) is 0.200. The second-order valence-electron chi connectivity index (χ2n) is 9.32. The highest BCUT2D eigenvalue weighted by molar-refractivity contribution is 6.09. The van der Waals surface area contributed by atoms with Gasteiger partial charge in [0.2, 0.25) is 12.0 Å². The number of ether oxygens (including phenoxy) is 2. The van der Waals surface area contributed by atoms with Crippen molar-refractivity contribution in [2.45, 2.75) is 37.6 Å². The fourth-order valence-corrected chi connectivity index (χ4v) is 3.75. The molecule has 1 saturated heterocycles. The summed E-state index contributed by atoms with van der Waals surface area (Å²) in [6.45, 7) is 1.45. The van der Waals surface area contributed by atoms with Gasteiger partial charge in [0, 0.05) is 6.08 Å². The molecule has 9 N–H and O–H groups in total. The van der Waals surface area contributed by atoms with Gasteiger partial charge in [-0.25, -0.2) is 4.79 Å². The molecule has 1 aliphatic rings. The van der Waals surface area contributed by atoms with E-state index in [1.165, 1.54) is 61.5 Å². The van der Waals surface area contributed by atoms with Crippen molar-refractivity contribution in [1.82, 2.24) is 0 Å². The van der Waals surface area contributed by atoms with Gasteiger partial charge in [-0.2, -0.15) is 0 Å². The van der Waals surface area contributed by atoms with Crippen LogP contribution < -0.4 is 4.74 Å². The van der Waals surface area contributed by atoms with Crippen molar-refractivity contribution >= 4 is 23.9 Å². The Kier molecular flexibility index (Phi) is 10.7. The maximum absolute atomic E-state index is 12.4. The standard InChI is InChI=1S/C21H22O10.C9H8O3/c1-9-16(25)19(28)20(29)21(30-9)31-15-7-4-11(17(26)18(15)27)12(22)5-2-10-3-6-13(23)14(24)8-10;10-8-4-1-7(2-5-8)3-6-9(11)12/h2-9,16,19-21,23-29H,1H3;1-6,10H,(H,11,12). The molecule has 0 aromatic heterocycles. The van der Waals surface area contributed by atoms with E-state index in [-0.39, 0.29) is 28.6 Å². The number of aliphatic hydroxyl groups is 3. The quantitative estimate of drug-likeness (QED) is 0.108. The average Bonchev–Trinajstić information content (AvgIpc) is 2.97. The highest BCUT2D eigenvalue weighted by Gasteiger charge is 2.43. The van der Waals surface area contributed by atoms with Crippen LogP contribution in [0.3, 0.4) is 0 Å². The summed E-state index contributed by atoms with van der Waals surface area (Å²) >= 11 is 0. The van der Waals surface area contributed by atoms with Crippen molar-refractivity contribution in [1.29, 1.82) is 0 Å². The number of carbonyl (C=O) groups is 2. The number of rotatable bonds is 7. The number of carbonyl (C=O) groups excluding carboxylic acids is 1. The van der Waals surface area contributed by atoms with Gasteiger partial charge in [0.15, 0.2) is 28.8 Å². The predicted molar refractivity (Wildman–Crippen MR) is 151 cm³/mol. The number of hydrogen-bond donors (Lipinski definition) is 9. The minimum Gasteiger partial charge on any atom is -0.508 e. The zero-order valence-electron chi connectivity index (χ0n) is 22.6. The first-order valence-electron chi connectivity index (χ1n) is 12.6. The molecule has 3 aromatic carbocycles. The normalized spacial score (nSPS) is 21.7. The molecule has 0 bridgehead atoms. The second kappa shape index (κ2) is 14.2. The molecule has 0 aliphatic carbocycles. The molecule has 13 heteroatoms. The SMILES string of the molecule is CC1OC(Oc2ccc(C(=O)C=Cc3ccc(O)c(O)c3)c(O)c2O)C(O)C(O)C1O.O=C(O)C=Cc1ccc(O)cc1. The van der Waals surface area contributed by atoms with E-state index in [0.29, 0.717) is 5.56 Å². The maximum atomic E-state index is 12.4. The van der Waals surface area contributed by atoms with Crippen LogP contribution in [0.4, 0.5) is 0 Å². The molecule has 0 amide bonds. The number of phenolic OH excluding ortho intramolecular Hbond substituents is 5. The third-order valence-corrected chi connectivity index (χ3v) is 6.17. The molecule has 228 valence electrons. The van der Waals surface area contributed by atoms with Crippen LogP contribution in [0.1, 0.15) is 28.4 Å². The third kappa shape index (κ3) is 8.47. The smallest absolute Gasteiger partial charge is 0.328 e. The lowest BCUT2D eigenvalue weighted by Gasteiger charge is -2.38. The van der Waals surface area contributed by atoms with E-state index in [1.807, 2.05) is 0 Å². The molecule has 0 saturated carbocycles. The van der Waals surface area contributed by atoms with Crippen LogP contribution in [0.15, 0.2) is 66.7 Å². The predicted octanol–water partition coefficient (Wildman–Crippen LogP) is 2.10. The van der Waals surface area contributed by atoms with Gasteiger partial charge in [-0.05, 0) is 66.6 Å². The zero-order chi connectivity index (χ0) is 31.8. The zero-order valence-corrected chi connectivity index (χ0v) is 22.6. The Morgan fingerprint density at radius 3 is 2.00 bits per heavy atom. The van der Waals surface area contributed by atoms with Gasteiger partial charge in [-0.3, -0.25) is 4.79 Å². The van der Waals surface area contributed by atoms with Crippen molar-refractivity contribution < 1.29 is 65.0 Å². The van der Waals surface area contributed by atoms with Crippen molar-refractivity contribution in [3.05, 3.63) is 83.4 Å². The molecule has 0 spiro atoms. The van der Waals surface area contributed by atoms with Crippen LogP contribution in [-0.4, -0.2) is 88.4 Å². The molecule has 5 unspecified atom stereocenters. The van der Waals surface area contributed by atoms with Gasteiger partial charge in [0.1, 0.15) is 24.1 Å². The van der Waals surface area contributed by atoms with Gasteiger partial charge in [-0.1, -0.05) is 24.3 Å². The number of carboxylic acid groups (broad SMARTS) is 1. The fourth-order valence-electron chi connectivity index (χ4n) is 3.75. The number of hydrogen-bond acceptors (Lipinski definition) is 12. The number of carboxylic acids is 1. The van der Waals surface area contributed by atoms with Crippen molar-refractivity contribution in [3.63, 3.8) is 0 Å². The summed E-state index contributed by atoms with van der Waals surface area (Å²) in [6, 6.07) is 12.5. The Bertz CT molecular complexity index is 1500. The Morgan fingerprint density at radius 1 is 0.744 bits per heavy atom. The van der Waals surface area contributed by atoms with Gasteiger partial charge in [0.25, 0.3) is 0 Å². The molecule has 3 aromatic rings. The van der Waals surface area contributed by atoms with Gasteiger partial charge >= 0.3 is 5.97 Å². The van der Waals surface area contributed by atoms with E-state index < -0.39 is 54.0 Å². The van der Waals surface area contributed by atoms with Gasteiger partial charge in [-0.15, -0.1) is 0 Å². The van der Waals surface area contributed by atoms with Crippen LogP contribution in [0, 0.1) is 0 Å². The van der Waals surface area contributed by atoms with Gasteiger partial charge in [0.05, 0.1) is 11.7 Å². The van der Waals surface area contributed by atoms with Crippen molar-refractivity contribution in [3.8, 4) is 34.5 Å². The summed E-state index contributed by atoms with van der Waals surface area (Å²) in [5, 5.41) is 86.0.